The standard InChI is InChI=1S/C16H14F2N2/c1-11(14-3-2-4-15(17)16(14)18)20-13-7-5-12(6-8-13)9-10-19/h2-8,11,20H,9H2,1H3. The van der Waals surface area contributed by atoms with Crippen molar-refractivity contribution in [1.82, 2.24) is 0 Å². The Hall–Kier alpha value is -2.41. The topological polar surface area (TPSA) is 35.8 Å². The third kappa shape index (κ3) is 3.12. The van der Waals surface area contributed by atoms with Gasteiger partial charge in [0.05, 0.1) is 18.5 Å². The third-order valence-corrected chi connectivity index (χ3v) is 3.07. The van der Waals surface area contributed by atoms with E-state index in [1.807, 2.05) is 24.3 Å². The highest BCUT2D eigenvalue weighted by molar-refractivity contribution is 5.47. The monoisotopic (exact) mass is 272 g/mol. The Morgan fingerprint density at radius 2 is 1.85 bits per heavy atom. The fraction of sp³-hybridized carbons (Fsp3) is 0.188. The summed E-state index contributed by atoms with van der Waals surface area (Å²) in [5.74, 6) is -1.67. The lowest BCUT2D eigenvalue weighted by molar-refractivity contribution is 0.494. The maximum atomic E-state index is 13.7. The smallest absolute Gasteiger partial charge is 0.164 e. The molecule has 0 spiro atoms. The molecule has 2 rings (SSSR count). The van der Waals surface area contributed by atoms with Crippen molar-refractivity contribution in [2.45, 2.75) is 19.4 Å². The van der Waals surface area contributed by atoms with Gasteiger partial charge in [0.2, 0.25) is 0 Å². The van der Waals surface area contributed by atoms with Crippen molar-refractivity contribution >= 4 is 5.69 Å². The molecule has 2 aromatic carbocycles. The van der Waals surface area contributed by atoms with Crippen LogP contribution in [-0.4, -0.2) is 0 Å². The van der Waals surface area contributed by atoms with Crippen LogP contribution in [0.2, 0.25) is 0 Å². The molecule has 0 aliphatic carbocycles. The van der Waals surface area contributed by atoms with Gasteiger partial charge < -0.3 is 5.32 Å². The first-order valence-electron chi connectivity index (χ1n) is 6.28. The van der Waals surface area contributed by atoms with Crippen molar-refractivity contribution in [3.63, 3.8) is 0 Å². The van der Waals surface area contributed by atoms with Gasteiger partial charge in [-0.15, -0.1) is 0 Å². The minimum atomic E-state index is -0.847. The predicted molar refractivity (Wildman–Crippen MR) is 74.2 cm³/mol. The Balaban J connectivity index is 2.13. The zero-order chi connectivity index (χ0) is 14.5. The van der Waals surface area contributed by atoms with Gasteiger partial charge in [-0.1, -0.05) is 24.3 Å². The molecule has 2 nitrogen and oxygen atoms in total. The number of benzene rings is 2. The molecule has 0 aromatic heterocycles. The molecular weight excluding hydrogens is 258 g/mol. The zero-order valence-corrected chi connectivity index (χ0v) is 11.0. The first-order chi connectivity index (χ1) is 9.61. The maximum absolute atomic E-state index is 13.7. The Bertz CT molecular complexity index is 630. The summed E-state index contributed by atoms with van der Waals surface area (Å²) in [5.41, 5.74) is 2.00. The van der Waals surface area contributed by atoms with Crippen LogP contribution < -0.4 is 5.32 Å². The van der Waals surface area contributed by atoms with E-state index in [4.69, 9.17) is 5.26 Å². The van der Waals surface area contributed by atoms with Gasteiger partial charge >= 0.3 is 0 Å². The van der Waals surface area contributed by atoms with Gasteiger partial charge in [0.15, 0.2) is 11.6 Å². The molecule has 102 valence electrons. The molecular formula is C16H14F2N2. The van der Waals surface area contributed by atoms with Gasteiger partial charge in [0, 0.05) is 11.3 Å². The van der Waals surface area contributed by atoms with Crippen LogP contribution in [-0.2, 0) is 6.42 Å². The molecule has 0 saturated heterocycles. The second kappa shape index (κ2) is 6.16. The SMILES string of the molecule is CC(Nc1ccc(CC#N)cc1)c1cccc(F)c1F. The average Bonchev–Trinajstić information content (AvgIpc) is 2.44. The summed E-state index contributed by atoms with van der Waals surface area (Å²) in [4.78, 5) is 0. The minimum Gasteiger partial charge on any atom is -0.378 e. The van der Waals surface area contributed by atoms with Crippen molar-refractivity contribution in [2.24, 2.45) is 0 Å². The molecule has 0 radical (unpaired) electrons. The second-order valence-corrected chi connectivity index (χ2v) is 4.54. The molecule has 1 atom stereocenters. The van der Waals surface area contributed by atoms with Gasteiger partial charge in [0.1, 0.15) is 0 Å². The molecule has 1 N–H and O–H groups in total. The molecule has 0 aliphatic rings. The number of nitrogens with one attached hydrogen (secondary N) is 1. The fourth-order valence-electron chi connectivity index (χ4n) is 1.99. The lowest BCUT2D eigenvalue weighted by Crippen LogP contribution is -2.09. The van der Waals surface area contributed by atoms with Crippen LogP contribution in [0.3, 0.4) is 0 Å². The third-order valence-electron chi connectivity index (χ3n) is 3.07. The maximum Gasteiger partial charge on any atom is 0.164 e. The zero-order valence-electron chi connectivity index (χ0n) is 11.0. The molecule has 0 aliphatic heterocycles. The van der Waals surface area contributed by atoms with E-state index in [-0.39, 0.29) is 11.6 Å². The predicted octanol–water partition coefficient (Wildman–Crippen LogP) is 4.20. The van der Waals surface area contributed by atoms with Gasteiger partial charge in [-0.2, -0.15) is 5.26 Å². The summed E-state index contributed by atoms with van der Waals surface area (Å²) >= 11 is 0. The number of halogens is 2. The molecule has 2 aromatic rings. The minimum absolute atomic E-state index is 0.283. The van der Waals surface area contributed by atoms with Crippen LogP contribution in [0, 0.1) is 23.0 Å². The van der Waals surface area contributed by atoms with Crippen molar-refractivity contribution in [3.05, 3.63) is 65.2 Å². The van der Waals surface area contributed by atoms with Crippen LogP contribution >= 0.6 is 0 Å². The largest absolute Gasteiger partial charge is 0.378 e. The number of rotatable bonds is 4. The lowest BCUT2D eigenvalue weighted by Gasteiger charge is -2.16. The number of nitriles is 1. The normalized spacial score (nSPS) is 11.7. The quantitative estimate of drug-likeness (QED) is 0.905. The molecule has 0 amide bonds. The number of anilines is 1. The number of hydrogen-bond acceptors (Lipinski definition) is 2. The first-order valence-corrected chi connectivity index (χ1v) is 6.28. The Morgan fingerprint density at radius 1 is 1.15 bits per heavy atom. The lowest BCUT2D eigenvalue weighted by atomic mass is 10.1. The van der Waals surface area contributed by atoms with Gasteiger partial charge in [-0.05, 0) is 30.7 Å². The van der Waals surface area contributed by atoms with Gasteiger partial charge in [-0.25, -0.2) is 8.78 Å². The highest BCUT2D eigenvalue weighted by Gasteiger charge is 2.13. The van der Waals surface area contributed by atoms with E-state index in [1.165, 1.54) is 6.07 Å². The van der Waals surface area contributed by atoms with Gasteiger partial charge in [-0.3, -0.25) is 0 Å². The summed E-state index contributed by atoms with van der Waals surface area (Å²) in [6.07, 6.45) is 0.356. The Morgan fingerprint density at radius 3 is 2.50 bits per heavy atom. The number of nitrogens with zero attached hydrogens (tertiary/aromatic N) is 1. The van der Waals surface area contributed by atoms with Crippen LogP contribution in [0.15, 0.2) is 42.5 Å². The summed E-state index contributed by atoms with van der Waals surface area (Å²) in [7, 11) is 0. The van der Waals surface area contributed by atoms with E-state index in [0.29, 0.717) is 6.42 Å². The molecule has 20 heavy (non-hydrogen) atoms. The van der Waals surface area contributed by atoms with E-state index in [2.05, 4.69) is 11.4 Å². The fourth-order valence-corrected chi connectivity index (χ4v) is 1.99. The molecule has 0 fully saturated rings. The van der Waals surface area contributed by atoms with E-state index in [1.54, 1.807) is 13.0 Å². The van der Waals surface area contributed by atoms with Crippen LogP contribution in [0.25, 0.3) is 0 Å². The number of hydrogen-bond donors (Lipinski definition) is 1. The van der Waals surface area contributed by atoms with Crippen LogP contribution in [0.1, 0.15) is 24.1 Å². The second-order valence-electron chi connectivity index (χ2n) is 4.54. The summed E-state index contributed by atoms with van der Waals surface area (Å²) in [6, 6.07) is 13.2. The molecule has 1 unspecified atom stereocenters. The molecule has 0 saturated carbocycles. The van der Waals surface area contributed by atoms with Gasteiger partial charge in [0.25, 0.3) is 0 Å². The average molecular weight is 272 g/mol. The van der Waals surface area contributed by atoms with Crippen LogP contribution in [0.5, 0.6) is 0 Å². The van der Waals surface area contributed by atoms with Crippen molar-refractivity contribution in [1.29, 1.82) is 5.26 Å². The first kappa shape index (κ1) is 14.0. The van der Waals surface area contributed by atoms with Crippen molar-refractivity contribution in [2.75, 3.05) is 5.32 Å². The van der Waals surface area contributed by atoms with Crippen LogP contribution in [0.4, 0.5) is 14.5 Å². The molecule has 0 bridgehead atoms. The Kier molecular flexibility index (Phi) is 4.31. The van der Waals surface area contributed by atoms with E-state index in [0.717, 1.165) is 17.3 Å². The van der Waals surface area contributed by atoms with Crippen molar-refractivity contribution < 1.29 is 8.78 Å². The van der Waals surface area contributed by atoms with E-state index in [9.17, 15) is 8.78 Å². The Labute approximate surface area is 116 Å². The van der Waals surface area contributed by atoms with E-state index >= 15 is 0 Å². The summed E-state index contributed by atoms with van der Waals surface area (Å²) < 4.78 is 26.9. The van der Waals surface area contributed by atoms with E-state index < -0.39 is 11.6 Å². The van der Waals surface area contributed by atoms with Crippen molar-refractivity contribution in [3.8, 4) is 6.07 Å². The highest BCUT2D eigenvalue weighted by Crippen LogP contribution is 2.23. The highest BCUT2D eigenvalue weighted by atomic mass is 19.2. The summed E-state index contributed by atoms with van der Waals surface area (Å²) in [5, 5.41) is 11.7. The molecule has 0 heterocycles. The molecule has 4 heteroatoms. The summed E-state index contributed by atoms with van der Waals surface area (Å²) in [6.45, 7) is 1.76.